The lowest BCUT2D eigenvalue weighted by Crippen LogP contribution is -2.35. The van der Waals surface area contributed by atoms with Gasteiger partial charge in [-0.2, -0.15) is 0 Å². The Morgan fingerprint density at radius 2 is 1.64 bits per heavy atom. The van der Waals surface area contributed by atoms with Crippen molar-refractivity contribution in [2.45, 2.75) is 6.04 Å². The summed E-state index contributed by atoms with van der Waals surface area (Å²) >= 11 is 0. The second-order valence-corrected chi connectivity index (χ2v) is 7.75. The number of benzene rings is 2. The SMILES string of the molecule is COc1ccc(C2C(=C(O)c3cc(F)ccc3OC)C(=O)C(=O)N2CCN(C)C)cc1OC. The second-order valence-electron chi connectivity index (χ2n) is 7.75. The third-order valence-corrected chi connectivity index (χ3v) is 5.47. The van der Waals surface area contributed by atoms with Crippen LogP contribution in [0, 0.1) is 5.82 Å². The van der Waals surface area contributed by atoms with Crippen molar-refractivity contribution >= 4 is 17.4 Å². The number of ether oxygens (including phenoxy) is 3. The summed E-state index contributed by atoms with van der Waals surface area (Å²) in [6.45, 7) is 0.716. The molecule has 9 heteroatoms. The van der Waals surface area contributed by atoms with Crippen molar-refractivity contribution in [2.24, 2.45) is 0 Å². The van der Waals surface area contributed by atoms with Crippen LogP contribution in [0.25, 0.3) is 5.76 Å². The number of carbonyl (C=O) groups excluding carboxylic acids is 2. The fraction of sp³-hybridized carbons (Fsp3) is 0.333. The fourth-order valence-electron chi connectivity index (χ4n) is 3.80. The number of aliphatic hydroxyl groups is 1. The number of aliphatic hydroxyl groups excluding tert-OH is 1. The minimum atomic E-state index is -0.919. The number of amides is 1. The summed E-state index contributed by atoms with van der Waals surface area (Å²) in [7, 11) is 8.03. The van der Waals surface area contributed by atoms with Crippen LogP contribution in [-0.4, -0.2) is 75.1 Å². The van der Waals surface area contributed by atoms with E-state index >= 15 is 0 Å². The Kier molecular flexibility index (Phi) is 7.23. The first-order chi connectivity index (χ1) is 15.7. The lowest BCUT2D eigenvalue weighted by Gasteiger charge is -2.27. The second kappa shape index (κ2) is 9.91. The monoisotopic (exact) mass is 458 g/mol. The average Bonchev–Trinajstić information content (AvgIpc) is 3.06. The van der Waals surface area contributed by atoms with Crippen molar-refractivity contribution in [1.29, 1.82) is 0 Å². The number of carbonyl (C=O) groups is 2. The molecular weight excluding hydrogens is 431 g/mol. The molecule has 0 spiro atoms. The lowest BCUT2D eigenvalue weighted by molar-refractivity contribution is -0.140. The molecule has 1 heterocycles. The maximum atomic E-state index is 14.0. The van der Waals surface area contributed by atoms with E-state index in [9.17, 15) is 19.1 Å². The number of likely N-dealkylation sites (tertiary alicyclic amines) is 1. The summed E-state index contributed by atoms with van der Waals surface area (Å²) in [5, 5.41) is 11.2. The van der Waals surface area contributed by atoms with Crippen molar-refractivity contribution in [2.75, 3.05) is 48.5 Å². The number of halogens is 1. The van der Waals surface area contributed by atoms with Crippen LogP contribution in [0.15, 0.2) is 42.0 Å². The summed E-state index contributed by atoms with van der Waals surface area (Å²) < 4.78 is 29.9. The molecule has 2 aromatic rings. The minimum absolute atomic E-state index is 0.0198. The van der Waals surface area contributed by atoms with Crippen LogP contribution in [0.2, 0.25) is 0 Å². The highest BCUT2D eigenvalue weighted by Crippen LogP contribution is 2.43. The number of Topliss-reactive ketones (excluding diaryl/α,β-unsaturated/α-hetero) is 1. The van der Waals surface area contributed by atoms with E-state index in [1.54, 1.807) is 18.2 Å². The molecule has 1 aliphatic rings. The molecule has 1 atom stereocenters. The Hall–Kier alpha value is -3.59. The van der Waals surface area contributed by atoms with Crippen LogP contribution in [0.4, 0.5) is 4.39 Å². The van der Waals surface area contributed by atoms with Crippen molar-refractivity contribution in [3.05, 3.63) is 58.9 Å². The van der Waals surface area contributed by atoms with Gasteiger partial charge in [0.2, 0.25) is 0 Å². The predicted molar refractivity (Wildman–Crippen MR) is 120 cm³/mol. The van der Waals surface area contributed by atoms with Gasteiger partial charge in [-0.25, -0.2) is 4.39 Å². The molecule has 0 aliphatic carbocycles. The minimum Gasteiger partial charge on any atom is -0.507 e. The number of hydrogen-bond donors (Lipinski definition) is 1. The summed E-state index contributed by atoms with van der Waals surface area (Å²) in [6.07, 6.45) is 0. The Bertz CT molecular complexity index is 1100. The zero-order valence-corrected chi connectivity index (χ0v) is 19.2. The molecule has 1 fully saturated rings. The van der Waals surface area contributed by atoms with E-state index < -0.39 is 29.3 Å². The van der Waals surface area contributed by atoms with Crippen LogP contribution in [0.5, 0.6) is 17.2 Å². The standard InChI is InChI=1S/C24H27FN2O6/c1-26(2)10-11-27-21(14-6-8-18(32-4)19(12-14)33-5)20(23(29)24(27)30)22(28)16-13-15(25)7-9-17(16)31-3/h6-9,12-13,21,28H,10-11H2,1-5H3. The van der Waals surface area contributed by atoms with Crippen LogP contribution in [-0.2, 0) is 9.59 Å². The van der Waals surface area contributed by atoms with Gasteiger partial charge < -0.3 is 29.1 Å². The Labute approximate surface area is 191 Å². The van der Waals surface area contributed by atoms with Crippen molar-refractivity contribution in [3.8, 4) is 17.2 Å². The summed E-state index contributed by atoms with van der Waals surface area (Å²) in [6, 6.07) is 7.66. The van der Waals surface area contributed by atoms with Gasteiger partial charge in [0.1, 0.15) is 17.3 Å². The van der Waals surface area contributed by atoms with E-state index in [2.05, 4.69) is 0 Å². The number of hydrogen-bond acceptors (Lipinski definition) is 7. The highest BCUT2D eigenvalue weighted by Gasteiger charge is 2.46. The highest BCUT2D eigenvalue weighted by molar-refractivity contribution is 6.46. The maximum absolute atomic E-state index is 14.0. The van der Waals surface area contributed by atoms with Crippen LogP contribution in [0.3, 0.4) is 0 Å². The summed E-state index contributed by atoms with van der Waals surface area (Å²) in [4.78, 5) is 29.4. The third kappa shape index (κ3) is 4.63. The molecule has 33 heavy (non-hydrogen) atoms. The van der Waals surface area contributed by atoms with Gasteiger partial charge in [0.15, 0.2) is 11.5 Å². The normalized spacial score (nSPS) is 17.5. The number of ketones is 1. The summed E-state index contributed by atoms with van der Waals surface area (Å²) in [5.41, 5.74) is 0.353. The predicted octanol–water partition coefficient (Wildman–Crippen LogP) is 2.83. The molecule has 1 N–H and O–H groups in total. The van der Waals surface area contributed by atoms with Crippen LogP contribution >= 0.6 is 0 Å². The largest absolute Gasteiger partial charge is 0.507 e. The Morgan fingerprint density at radius 1 is 1.00 bits per heavy atom. The molecule has 1 saturated heterocycles. The summed E-state index contributed by atoms with van der Waals surface area (Å²) in [5.74, 6) is -1.72. The molecule has 1 amide bonds. The number of methoxy groups -OCH3 is 3. The van der Waals surface area contributed by atoms with E-state index in [4.69, 9.17) is 14.2 Å². The first-order valence-corrected chi connectivity index (χ1v) is 10.2. The molecule has 0 radical (unpaired) electrons. The molecule has 0 bridgehead atoms. The van der Waals surface area contributed by atoms with Crippen molar-refractivity contribution in [1.82, 2.24) is 9.80 Å². The van der Waals surface area contributed by atoms with E-state index in [1.165, 1.54) is 38.4 Å². The van der Waals surface area contributed by atoms with E-state index in [-0.39, 0.29) is 23.4 Å². The van der Waals surface area contributed by atoms with E-state index in [0.29, 0.717) is 23.6 Å². The van der Waals surface area contributed by atoms with Crippen molar-refractivity contribution in [3.63, 3.8) is 0 Å². The van der Waals surface area contributed by atoms with Crippen LogP contribution < -0.4 is 14.2 Å². The van der Waals surface area contributed by atoms with Crippen LogP contribution in [0.1, 0.15) is 17.2 Å². The average molecular weight is 458 g/mol. The molecule has 8 nitrogen and oxygen atoms in total. The molecule has 2 aromatic carbocycles. The molecule has 176 valence electrons. The van der Waals surface area contributed by atoms with Gasteiger partial charge in [-0.05, 0) is 50.0 Å². The van der Waals surface area contributed by atoms with Gasteiger partial charge in [-0.1, -0.05) is 6.07 Å². The van der Waals surface area contributed by atoms with Gasteiger partial charge in [-0.3, -0.25) is 9.59 Å². The highest BCUT2D eigenvalue weighted by atomic mass is 19.1. The van der Waals surface area contributed by atoms with Gasteiger partial charge in [-0.15, -0.1) is 0 Å². The lowest BCUT2D eigenvalue weighted by atomic mass is 9.94. The number of likely N-dealkylation sites (N-methyl/N-ethyl adjacent to an activating group) is 1. The first-order valence-electron chi connectivity index (χ1n) is 10.2. The zero-order valence-electron chi connectivity index (χ0n) is 19.2. The first kappa shape index (κ1) is 24.1. The van der Waals surface area contributed by atoms with E-state index in [0.717, 1.165) is 6.07 Å². The van der Waals surface area contributed by atoms with Gasteiger partial charge in [0.05, 0.1) is 38.5 Å². The van der Waals surface area contributed by atoms with Gasteiger partial charge in [0, 0.05) is 13.1 Å². The molecule has 1 aliphatic heterocycles. The molecule has 1 unspecified atom stereocenters. The van der Waals surface area contributed by atoms with Crippen molar-refractivity contribution < 1.29 is 33.3 Å². The maximum Gasteiger partial charge on any atom is 0.295 e. The third-order valence-electron chi connectivity index (χ3n) is 5.47. The molecular formula is C24H27FN2O6. The number of nitrogens with zero attached hydrogens (tertiary/aromatic N) is 2. The smallest absolute Gasteiger partial charge is 0.295 e. The van der Waals surface area contributed by atoms with E-state index in [1.807, 2.05) is 19.0 Å². The zero-order chi connectivity index (χ0) is 24.3. The molecule has 3 rings (SSSR count). The fourth-order valence-corrected chi connectivity index (χ4v) is 3.80. The molecule has 0 saturated carbocycles. The quantitative estimate of drug-likeness (QED) is 0.370. The van der Waals surface area contributed by atoms with Gasteiger partial charge >= 0.3 is 0 Å². The molecule has 0 aromatic heterocycles. The van der Waals surface area contributed by atoms with Gasteiger partial charge in [0.25, 0.3) is 11.7 Å². The Balaban J connectivity index is 2.25. The number of rotatable bonds is 8. The topological polar surface area (TPSA) is 88.5 Å². The Morgan fingerprint density at radius 3 is 2.24 bits per heavy atom.